The number of rotatable bonds is 9. The number of amides is 5. The first-order chi connectivity index (χ1) is 15.8. The van der Waals surface area contributed by atoms with Gasteiger partial charge in [-0.15, -0.1) is 0 Å². The van der Waals surface area contributed by atoms with E-state index in [1.165, 1.54) is 5.56 Å². The third kappa shape index (κ3) is 7.65. The molecule has 2 rings (SSSR count). The van der Waals surface area contributed by atoms with Crippen LogP contribution in [0.15, 0.2) is 24.3 Å². The lowest BCUT2D eigenvalue weighted by Crippen LogP contribution is -2.61. The fraction of sp³-hybridized carbons (Fsp3) is 0.640. The number of carbonyl (C=O) groups is 3. The number of carbonyl (C=O) groups excluding carboxylic acids is 3. The summed E-state index contributed by atoms with van der Waals surface area (Å²) in [5, 5.41) is 8.68. The zero-order chi connectivity index (χ0) is 24.4. The third-order valence-corrected chi connectivity index (χ3v) is 6.39. The van der Waals surface area contributed by atoms with Gasteiger partial charge in [0.1, 0.15) is 6.04 Å². The van der Waals surface area contributed by atoms with Gasteiger partial charge in [0.2, 0.25) is 5.91 Å². The largest absolute Gasteiger partial charge is 0.338 e. The highest BCUT2D eigenvalue weighted by Gasteiger charge is 2.35. The summed E-state index contributed by atoms with van der Waals surface area (Å²) < 4.78 is 0. The van der Waals surface area contributed by atoms with Crippen molar-refractivity contribution in [3.05, 3.63) is 29.8 Å². The van der Waals surface area contributed by atoms with Crippen molar-refractivity contribution in [2.75, 3.05) is 31.5 Å². The second-order valence-corrected chi connectivity index (χ2v) is 8.92. The van der Waals surface area contributed by atoms with Crippen molar-refractivity contribution < 1.29 is 14.4 Å². The van der Waals surface area contributed by atoms with Crippen molar-refractivity contribution in [2.24, 2.45) is 5.92 Å². The van der Waals surface area contributed by atoms with E-state index in [1.54, 1.807) is 9.80 Å². The van der Waals surface area contributed by atoms with Crippen LogP contribution in [-0.2, 0) is 11.2 Å². The van der Waals surface area contributed by atoms with Crippen LogP contribution in [0.5, 0.6) is 0 Å². The molecule has 1 aliphatic heterocycles. The first-order valence-corrected chi connectivity index (χ1v) is 12.3. The van der Waals surface area contributed by atoms with E-state index in [2.05, 4.69) is 29.8 Å². The van der Waals surface area contributed by atoms with Gasteiger partial charge in [0.25, 0.3) is 0 Å². The second kappa shape index (κ2) is 13.1. The van der Waals surface area contributed by atoms with E-state index in [4.69, 9.17) is 0 Å². The SMILES string of the molecule is CCCCNC(=O)N1CCN(C(=O)C(NC(=O)Nc2ccc(CC)cc2)C(C)CC)CC1C. The van der Waals surface area contributed by atoms with Gasteiger partial charge in [-0.05, 0) is 43.4 Å². The predicted octanol–water partition coefficient (Wildman–Crippen LogP) is 3.83. The normalized spacial score (nSPS) is 17.8. The molecule has 0 radical (unpaired) electrons. The van der Waals surface area contributed by atoms with Gasteiger partial charge in [-0.25, -0.2) is 9.59 Å². The van der Waals surface area contributed by atoms with Crippen LogP contribution < -0.4 is 16.0 Å². The van der Waals surface area contributed by atoms with Crippen molar-refractivity contribution in [3.8, 4) is 0 Å². The molecule has 1 aliphatic rings. The van der Waals surface area contributed by atoms with Crippen LogP contribution in [0.3, 0.4) is 0 Å². The van der Waals surface area contributed by atoms with Crippen LogP contribution in [0.1, 0.15) is 59.4 Å². The Balaban J connectivity index is 1.97. The van der Waals surface area contributed by atoms with Gasteiger partial charge in [0, 0.05) is 37.9 Å². The lowest BCUT2D eigenvalue weighted by molar-refractivity contribution is -0.136. The first-order valence-electron chi connectivity index (χ1n) is 12.3. The summed E-state index contributed by atoms with van der Waals surface area (Å²) in [6, 6.07) is 6.51. The molecule has 1 saturated heterocycles. The zero-order valence-electron chi connectivity index (χ0n) is 20.8. The Kier molecular flexibility index (Phi) is 10.5. The quantitative estimate of drug-likeness (QED) is 0.490. The number of piperazine rings is 1. The van der Waals surface area contributed by atoms with Gasteiger partial charge in [-0.3, -0.25) is 4.79 Å². The summed E-state index contributed by atoms with van der Waals surface area (Å²) >= 11 is 0. The summed E-state index contributed by atoms with van der Waals surface area (Å²) in [5.41, 5.74) is 1.89. The lowest BCUT2D eigenvalue weighted by Gasteiger charge is -2.41. The molecule has 3 N–H and O–H groups in total. The Morgan fingerprint density at radius 3 is 2.36 bits per heavy atom. The highest BCUT2D eigenvalue weighted by atomic mass is 16.2. The number of nitrogens with one attached hydrogen (secondary N) is 3. The minimum absolute atomic E-state index is 0.0172. The molecule has 5 amide bonds. The van der Waals surface area contributed by atoms with Gasteiger partial charge >= 0.3 is 12.1 Å². The number of hydrogen-bond acceptors (Lipinski definition) is 3. The maximum absolute atomic E-state index is 13.4. The van der Waals surface area contributed by atoms with Crippen LogP contribution in [0, 0.1) is 5.92 Å². The Labute approximate surface area is 198 Å². The van der Waals surface area contributed by atoms with E-state index in [0.717, 1.165) is 25.7 Å². The fourth-order valence-corrected chi connectivity index (χ4v) is 3.95. The Morgan fingerprint density at radius 1 is 1.09 bits per heavy atom. The average molecular weight is 460 g/mol. The van der Waals surface area contributed by atoms with Crippen LogP contribution in [0.2, 0.25) is 0 Å². The maximum atomic E-state index is 13.4. The smallest absolute Gasteiger partial charge is 0.319 e. The van der Waals surface area contributed by atoms with Crippen LogP contribution in [0.25, 0.3) is 0 Å². The van der Waals surface area contributed by atoms with Crippen LogP contribution in [-0.4, -0.2) is 66.0 Å². The topological polar surface area (TPSA) is 93.8 Å². The van der Waals surface area contributed by atoms with Crippen LogP contribution >= 0.6 is 0 Å². The summed E-state index contributed by atoms with van der Waals surface area (Å²) in [6.45, 7) is 12.2. The molecule has 1 aromatic rings. The van der Waals surface area contributed by atoms with Crippen molar-refractivity contribution in [1.82, 2.24) is 20.4 Å². The van der Waals surface area contributed by atoms with Crippen molar-refractivity contribution in [1.29, 1.82) is 0 Å². The molecule has 1 aromatic carbocycles. The van der Waals surface area contributed by atoms with E-state index >= 15 is 0 Å². The maximum Gasteiger partial charge on any atom is 0.319 e. The Hall–Kier alpha value is -2.77. The summed E-state index contributed by atoms with van der Waals surface area (Å²) in [5.74, 6) is -0.116. The molecule has 33 heavy (non-hydrogen) atoms. The van der Waals surface area contributed by atoms with Gasteiger partial charge in [-0.1, -0.05) is 52.7 Å². The highest BCUT2D eigenvalue weighted by molar-refractivity contribution is 5.94. The molecular formula is C25H41N5O3. The first kappa shape index (κ1) is 26.5. The van der Waals surface area contributed by atoms with E-state index in [-0.39, 0.29) is 29.9 Å². The molecule has 0 spiro atoms. The van der Waals surface area contributed by atoms with Gasteiger partial charge in [-0.2, -0.15) is 0 Å². The minimum Gasteiger partial charge on any atom is -0.338 e. The third-order valence-electron chi connectivity index (χ3n) is 6.39. The van der Waals surface area contributed by atoms with E-state index < -0.39 is 6.04 Å². The number of aryl methyl sites for hydroxylation is 1. The van der Waals surface area contributed by atoms with Crippen molar-refractivity contribution >= 4 is 23.7 Å². The lowest BCUT2D eigenvalue weighted by atomic mass is 9.97. The van der Waals surface area contributed by atoms with Crippen molar-refractivity contribution in [3.63, 3.8) is 0 Å². The number of anilines is 1. The Morgan fingerprint density at radius 2 is 1.79 bits per heavy atom. The highest BCUT2D eigenvalue weighted by Crippen LogP contribution is 2.17. The molecule has 0 bridgehead atoms. The van der Waals surface area contributed by atoms with Crippen LogP contribution in [0.4, 0.5) is 15.3 Å². The number of hydrogen-bond donors (Lipinski definition) is 3. The molecule has 0 saturated carbocycles. The monoisotopic (exact) mass is 459 g/mol. The molecule has 0 aliphatic carbocycles. The molecular weight excluding hydrogens is 418 g/mol. The Bertz CT molecular complexity index is 783. The van der Waals surface area contributed by atoms with E-state index in [1.807, 2.05) is 45.0 Å². The van der Waals surface area contributed by atoms with Crippen molar-refractivity contribution in [2.45, 2.75) is 72.4 Å². The standard InChI is InChI=1S/C25H41N5O3/c1-6-9-14-26-25(33)30-16-15-29(17-19(30)5)23(31)22(18(4)7-2)28-24(32)27-21-12-10-20(8-3)11-13-21/h10-13,18-19,22H,6-9,14-17H2,1-5H3,(H,26,33)(H2,27,28,32). The summed E-state index contributed by atoms with van der Waals surface area (Å²) in [4.78, 5) is 42.0. The van der Waals surface area contributed by atoms with Gasteiger partial charge in [0.05, 0.1) is 0 Å². The molecule has 0 aromatic heterocycles. The molecule has 3 atom stereocenters. The molecule has 8 heteroatoms. The summed E-state index contributed by atoms with van der Waals surface area (Å²) in [7, 11) is 0. The van der Waals surface area contributed by atoms with E-state index in [0.29, 0.717) is 31.9 Å². The average Bonchev–Trinajstić information content (AvgIpc) is 2.82. The zero-order valence-corrected chi connectivity index (χ0v) is 20.8. The number of benzene rings is 1. The summed E-state index contributed by atoms with van der Waals surface area (Å²) in [6.07, 6.45) is 3.67. The molecule has 3 unspecified atom stereocenters. The van der Waals surface area contributed by atoms with Gasteiger partial charge in [0.15, 0.2) is 0 Å². The molecule has 1 heterocycles. The minimum atomic E-state index is -0.623. The number of unbranched alkanes of at least 4 members (excludes halogenated alkanes) is 1. The second-order valence-electron chi connectivity index (χ2n) is 8.92. The molecule has 1 fully saturated rings. The number of urea groups is 2. The van der Waals surface area contributed by atoms with Gasteiger partial charge < -0.3 is 25.8 Å². The fourth-order valence-electron chi connectivity index (χ4n) is 3.95. The molecule has 8 nitrogen and oxygen atoms in total. The molecule has 184 valence electrons. The predicted molar refractivity (Wildman–Crippen MR) is 132 cm³/mol. The number of nitrogens with zero attached hydrogens (tertiary/aromatic N) is 2. The van der Waals surface area contributed by atoms with E-state index in [9.17, 15) is 14.4 Å².